The monoisotopic (exact) mass is 494 g/mol. The smallest absolute Gasteiger partial charge is 0.271 e. The number of nitrogens with one attached hydrogen (secondary N) is 3. The molecule has 3 amide bonds. The highest BCUT2D eigenvalue weighted by Crippen LogP contribution is 2.55. The molecule has 0 radical (unpaired) electrons. The van der Waals surface area contributed by atoms with Crippen LogP contribution in [0.4, 0.5) is 0 Å². The molecule has 1 spiro atoms. The van der Waals surface area contributed by atoms with Crippen LogP contribution < -0.4 is 15.4 Å². The summed E-state index contributed by atoms with van der Waals surface area (Å²) in [7, 11) is 1.59. The van der Waals surface area contributed by atoms with Crippen molar-refractivity contribution in [1.82, 2.24) is 20.5 Å². The van der Waals surface area contributed by atoms with Crippen molar-refractivity contribution < 1.29 is 23.9 Å². The van der Waals surface area contributed by atoms with E-state index in [0.717, 1.165) is 30.2 Å². The van der Waals surface area contributed by atoms with Gasteiger partial charge in [-0.05, 0) is 62.1 Å². The number of carbonyl (C=O) groups excluding carboxylic acids is 4. The first-order chi connectivity index (χ1) is 17.3. The van der Waals surface area contributed by atoms with Gasteiger partial charge >= 0.3 is 0 Å². The number of amides is 3. The highest BCUT2D eigenvalue weighted by molar-refractivity contribution is 6.02. The van der Waals surface area contributed by atoms with Crippen LogP contribution in [0.25, 0.3) is 10.9 Å². The number of hydrogen-bond donors (Lipinski definition) is 3. The molecule has 2 aromatic rings. The molecule has 3 heterocycles. The van der Waals surface area contributed by atoms with Gasteiger partial charge in [-0.15, -0.1) is 0 Å². The van der Waals surface area contributed by atoms with Gasteiger partial charge in [0.05, 0.1) is 13.2 Å². The van der Waals surface area contributed by atoms with Gasteiger partial charge in [-0.2, -0.15) is 0 Å². The van der Waals surface area contributed by atoms with Crippen LogP contribution in [0, 0.1) is 11.3 Å². The molecule has 0 bridgehead atoms. The third-order valence-corrected chi connectivity index (χ3v) is 8.08. The zero-order valence-corrected chi connectivity index (χ0v) is 20.9. The van der Waals surface area contributed by atoms with E-state index in [0.29, 0.717) is 37.4 Å². The number of fused-ring (bicyclic) bond motifs is 1. The number of likely N-dealkylation sites (tertiary alicyclic amines) is 1. The zero-order valence-electron chi connectivity index (χ0n) is 20.9. The van der Waals surface area contributed by atoms with Crippen molar-refractivity contribution >= 4 is 34.4 Å². The fourth-order valence-corrected chi connectivity index (χ4v) is 5.75. The lowest BCUT2D eigenvalue weighted by molar-refractivity contribution is -0.132. The van der Waals surface area contributed by atoms with Crippen LogP contribution in [0.5, 0.6) is 5.75 Å². The highest BCUT2D eigenvalue weighted by Gasteiger charge is 2.55. The van der Waals surface area contributed by atoms with Gasteiger partial charge in [0, 0.05) is 36.3 Å². The van der Waals surface area contributed by atoms with Crippen molar-refractivity contribution in [2.75, 3.05) is 20.2 Å². The zero-order chi connectivity index (χ0) is 25.4. The molecule has 1 saturated carbocycles. The van der Waals surface area contributed by atoms with Crippen molar-refractivity contribution in [3.63, 3.8) is 0 Å². The maximum atomic E-state index is 13.6. The van der Waals surface area contributed by atoms with Crippen molar-refractivity contribution in [3.05, 3.63) is 30.0 Å². The van der Waals surface area contributed by atoms with Gasteiger partial charge in [-0.3, -0.25) is 19.2 Å². The Morgan fingerprint density at radius 2 is 2.08 bits per heavy atom. The number of nitrogens with zero attached hydrogens (tertiary/aromatic N) is 1. The fourth-order valence-electron chi connectivity index (χ4n) is 5.75. The van der Waals surface area contributed by atoms with Gasteiger partial charge < -0.3 is 25.3 Å². The number of piperidine rings is 1. The summed E-state index contributed by atoms with van der Waals surface area (Å²) in [5.41, 5.74) is 1.18. The van der Waals surface area contributed by atoms with Gasteiger partial charge in [0.1, 0.15) is 17.5 Å². The quantitative estimate of drug-likeness (QED) is 0.521. The topological polar surface area (TPSA) is 121 Å². The Morgan fingerprint density at radius 3 is 2.78 bits per heavy atom. The van der Waals surface area contributed by atoms with Crippen LogP contribution in [0.1, 0.15) is 62.4 Å². The molecular formula is C27H34N4O5. The van der Waals surface area contributed by atoms with Gasteiger partial charge in [-0.1, -0.05) is 13.0 Å². The van der Waals surface area contributed by atoms with Crippen LogP contribution in [0.3, 0.4) is 0 Å². The minimum atomic E-state index is -0.735. The molecule has 192 valence electrons. The number of methoxy groups -OCH3 is 1. The maximum absolute atomic E-state index is 13.6. The molecule has 1 aliphatic carbocycles. The van der Waals surface area contributed by atoms with Crippen molar-refractivity contribution in [2.24, 2.45) is 11.3 Å². The molecule has 1 aromatic carbocycles. The number of benzene rings is 1. The normalized spacial score (nSPS) is 23.4. The number of H-pyrrole nitrogens is 1. The second-order valence-electron chi connectivity index (χ2n) is 10.5. The van der Waals surface area contributed by atoms with E-state index < -0.39 is 12.1 Å². The third kappa shape index (κ3) is 4.58. The molecule has 3 unspecified atom stereocenters. The van der Waals surface area contributed by atoms with Crippen LogP contribution in [0.2, 0.25) is 0 Å². The summed E-state index contributed by atoms with van der Waals surface area (Å²) >= 11 is 0. The fraction of sp³-hybridized carbons (Fsp3) is 0.556. The standard InChI is InChI=1S/C27H34N4O5/c1-3-22(32)19(12-16-6-5-11-28-24(16)33)30-25(34)21-14-27(9-10-27)15-31(21)26(35)20-13-17-18(29-20)7-4-8-23(17)36-2/h4,7-8,13,16,19,21,29H,3,5-6,9-12,14-15H2,1-2H3,(H,28,33)(H,30,34). The summed E-state index contributed by atoms with van der Waals surface area (Å²) in [6, 6.07) is 5.96. The van der Waals surface area contributed by atoms with E-state index in [-0.39, 0.29) is 47.7 Å². The van der Waals surface area contributed by atoms with Crippen LogP contribution >= 0.6 is 0 Å². The van der Waals surface area contributed by atoms with E-state index in [1.807, 2.05) is 18.2 Å². The highest BCUT2D eigenvalue weighted by atomic mass is 16.5. The van der Waals surface area contributed by atoms with Crippen LogP contribution in [0.15, 0.2) is 24.3 Å². The second kappa shape index (κ2) is 9.59. The summed E-state index contributed by atoms with van der Waals surface area (Å²) < 4.78 is 5.43. The van der Waals surface area contributed by atoms with Gasteiger partial charge in [-0.25, -0.2) is 0 Å². The molecule has 3 N–H and O–H groups in total. The Bertz CT molecular complexity index is 1200. The molecule has 2 aliphatic heterocycles. The number of Topliss-reactive ketones (excluding diaryl/α,β-unsaturated/α-hetero) is 1. The number of rotatable bonds is 8. The van der Waals surface area contributed by atoms with Gasteiger partial charge in [0.25, 0.3) is 5.91 Å². The average molecular weight is 495 g/mol. The first-order valence-electron chi connectivity index (χ1n) is 12.9. The predicted molar refractivity (Wildman–Crippen MR) is 134 cm³/mol. The van der Waals surface area contributed by atoms with E-state index in [1.54, 1.807) is 25.0 Å². The number of ketones is 1. The summed E-state index contributed by atoms with van der Waals surface area (Å²) in [6.45, 7) is 2.93. The van der Waals surface area contributed by atoms with E-state index in [2.05, 4.69) is 15.6 Å². The molecule has 1 aromatic heterocycles. The maximum Gasteiger partial charge on any atom is 0.271 e. The van der Waals surface area contributed by atoms with E-state index in [9.17, 15) is 19.2 Å². The average Bonchev–Trinajstić information content (AvgIpc) is 3.32. The molecular weight excluding hydrogens is 460 g/mol. The number of hydrogen-bond acceptors (Lipinski definition) is 5. The molecule has 2 saturated heterocycles. The summed E-state index contributed by atoms with van der Waals surface area (Å²) in [5, 5.41) is 6.59. The molecule has 9 heteroatoms. The molecule has 5 rings (SSSR count). The third-order valence-electron chi connectivity index (χ3n) is 8.08. The lowest BCUT2D eigenvalue weighted by atomic mass is 9.89. The largest absolute Gasteiger partial charge is 0.496 e. The first kappa shape index (κ1) is 24.3. The van der Waals surface area contributed by atoms with Crippen LogP contribution in [-0.2, 0) is 14.4 Å². The summed E-state index contributed by atoms with van der Waals surface area (Å²) in [6.07, 6.45) is 4.69. The van der Waals surface area contributed by atoms with Crippen molar-refractivity contribution in [3.8, 4) is 5.75 Å². The first-order valence-corrected chi connectivity index (χ1v) is 12.9. The van der Waals surface area contributed by atoms with Gasteiger partial charge in [0.15, 0.2) is 5.78 Å². The van der Waals surface area contributed by atoms with Crippen molar-refractivity contribution in [1.29, 1.82) is 0 Å². The Morgan fingerprint density at radius 1 is 1.28 bits per heavy atom. The minimum absolute atomic E-state index is 0.0190. The van der Waals surface area contributed by atoms with E-state index in [4.69, 9.17) is 4.74 Å². The lowest BCUT2D eigenvalue weighted by Crippen LogP contribution is -2.52. The number of aromatic nitrogens is 1. The SMILES string of the molecule is CCC(=O)C(CC1CCCNC1=O)NC(=O)C1CC2(CC2)CN1C(=O)c1cc2c(OC)cccc2[nH]1. The molecule has 3 fully saturated rings. The Hall–Kier alpha value is -3.36. The molecule has 3 aliphatic rings. The Labute approximate surface area is 210 Å². The van der Waals surface area contributed by atoms with Gasteiger partial charge in [0.2, 0.25) is 11.8 Å². The summed E-state index contributed by atoms with van der Waals surface area (Å²) in [4.78, 5) is 57.0. The van der Waals surface area contributed by atoms with E-state index >= 15 is 0 Å². The lowest BCUT2D eigenvalue weighted by Gasteiger charge is -2.28. The Balaban J connectivity index is 1.36. The minimum Gasteiger partial charge on any atom is -0.496 e. The Kier molecular flexibility index (Phi) is 6.49. The van der Waals surface area contributed by atoms with Crippen LogP contribution in [-0.4, -0.2) is 65.7 Å². The van der Waals surface area contributed by atoms with Crippen molar-refractivity contribution in [2.45, 2.75) is 64.0 Å². The number of ether oxygens (including phenoxy) is 1. The van der Waals surface area contributed by atoms with E-state index in [1.165, 1.54) is 0 Å². The summed E-state index contributed by atoms with van der Waals surface area (Å²) in [5.74, 6) is -0.331. The second-order valence-corrected chi connectivity index (χ2v) is 10.5. The predicted octanol–water partition coefficient (Wildman–Crippen LogP) is 2.55. The number of carbonyl (C=O) groups is 4. The molecule has 9 nitrogen and oxygen atoms in total. The molecule has 36 heavy (non-hydrogen) atoms. The number of aromatic amines is 1. The molecule has 3 atom stereocenters.